The van der Waals surface area contributed by atoms with Crippen LogP contribution in [0.15, 0.2) is 11.1 Å². The van der Waals surface area contributed by atoms with Crippen LogP contribution in [0, 0.1) is 10.1 Å². The van der Waals surface area contributed by atoms with Gasteiger partial charge in [-0.25, -0.2) is 13.6 Å². The number of ether oxygens (including phenoxy) is 1. The second kappa shape index (κ2) is 5.24. The van der Waals surface area contributed by atoms with Crippen molar-refractivity contribution < 1.29 is 44.4 Å². The smallest absolute Gasteiger partial charge is 0.400 e. The van der Waals surface area contributed by atoms with Crippen molar-refractivity contribution >= 4 is 15.8 Å². The third-order valence-electron chi connectivity index (χ3n) is 1.91. The van der Waals surface area contributed by atoms with Gasteiger partial charge in [-0.3, -0.25) is 0 Å². The Balaban J connectivity index is 3.86. The minimum Gasteiger partial charge on any atom is -0.400 e. The number of hydrogen-bond acceptors (Lipinski definition) is 6. The van der Waals surface area contributed by atoms with Crippen molar-refractivity contribution in [1.29, 1.82) is 0 Å². The zero-order valence-electron chi connectivity index (χ0n) is 9.77. The van der Waals surface area contributed by atoms with Gasteiger partial charge in [0.15, 0.2) is 0 Å². The summed E-state index contributed by atoms with van der Waals surface area (Å²) in [6.45, 7) is 0. The predicted octanol–water partition coefficient (Wildman–Crippen LogP) is 1.55. The van der Waals surface area contributed by atoms with Gasteiger partial charge < -0.3 is 14.9 Å². The molecule has 0 fully saturated rings. The van der Waals surface area contributed by atoms with E-state index in [1.54, 1.807) is 0 Å². The molecule has 0 saturated carbocycles. The normalized spacial score (nSPS) is 13.0. The van der Waals surface area contributed by atoms with Gasteiger partial charge >= 0.3 is 23.4 Å². The zero-order valence-corrected chi connectivity index (χ0v) is 10.6. The average Bonchev–Trinajstić information content (AvgIpc) is 2.23. The van der Waals surface area contributed by atoms with E-state index >= 15 is 0 Å². The number of sulfonamides is 1. The summed E-state index contributed by atoms with van der Waals surface area (Å²) in [5, 5.41) is 12.8. The number of hydrogen-bond donors (Lipinski definition) is 1. The average molecular weight is 355 g/mol. The fourth-order valence-electron chi connectivity index (χ4n) is 1.21. The summed E-state index contributed by atoms with van der Waals surface area (Å²) >= 11 is 0. The van der Waals surface area contributed by atoms with E-state index < -0.39 is 55.7 Å². The van der Waals surface area contributed by atoms with Crippen molar-refractivity contribution in [2.45, 2.75) is 17.6 Å². The van der Waals surface area contributed by atoms with Crippen LogP contribution in [0.5, 0.6) is 5.75 Å². The number of nitro groups is 1. The van der Waals surface area contributed by atoms with Gasteiger partial charge in [0.2, 0.25) is 5.75 Å². The van der Waals surface area contributed by atoms with Crippen LogP contribution in [0.2, 0.25) is 0 Å². The van der Waals surface area contributed by atoms with Gasteiger partial charge in [0.05, 0.1) is 6.07 Å². The van der Waals surface area contributed by atoms with Gasteiger partial charge in [0.25, 0.3) is 10.0 Å². The number of nitrogens with zero attached hydrogens (tertiary/aromatic N) is 2. The first kappa shape index (κ1) is 17.9. The van der Waals surface area contributed by atoms with Crippen LogP contribution < -0.4 is 9.88 Å². The highest BCUT2D eigenvalue weighted by Crippen LogP contribution is 2.42. The van der Waals surface area contributed by atoms with Crippen LogP contribution in [0.4, 0.5) is 32.2 Å². The van der Waals surface area contributed by atoms with Crippen LogP contribution in [-0.2, 0) is 16.2 Å². The molecule has 0 aliphatic heterocycles. The van der Waals surface area contributed by atoms with Crippen molar-refractivity contribution in [3.05, 3.63) is 21.7 Å². The summed E-state index contributed by atoms with van der Waals surface area (Å²) in [6.07, 6.45) is -11.3. The molecular formula is C7H3F6N3O5S. The van der Waals surface area contributed by atoms with Crippen molar-refractivity contribution in [2.75, 3.05) is 0 Å². The van der Waals surface area contributed by atoms with Crippen LogP contribution in [0.1, 0.15) is 5.56 Å². The van der Waals surface area contributed by atoms with Gasteiger partial charge in [-0.15, -0.1) is 13.2 Å². The Kier molecular flexibility index (Phi) is 4.26. The van der Waals surface area contributed by atoms with Crippen molar-refractivity contribution in [1.82, 2.24) is 4.98 Å². The van der Waals surface area contributed by atoms with Gasteiger partial charge in [0, 0.05) is 0 Å². The lowest BCUT2D eigenvalue weighted by Gasteiger charge is -2.15. The molecule has 8 nitrogen and oxygen atoms in total. The number of rotatable bonds is 3. The molecule has 0 aromatic carbocycles. The summed E-state index contributed by atoms with van der Waals surface area (Å²) in [6, 6.07) is -0.407. The van der Waals surface area contributed by atoms with Gasteiger partial charge in [-0.2, -0.15) is 13.2 Å². The number of pyridine rings is 1. The summed E-state index contributed by atoms with van der Waals surface area (Å²) < 4.78 is 99.7. The molecule has 0 aliphatic carbocycles. The molecule has 0 unspecified atom stereocenters. The molecule has 124 valence electrons. The minimum atomic E-state index is -5.72. The second-order valence-corrected chi connectivity index (χ2v) is 4.99. The highest BCUT2D eigenvalue weighted by molar-refractivity contribution is 7.89. The quantitative estimate of drug-likeness (QED) is 0.498. The Morgan fingerprint density at radius 1 is 1.23 bits per heavy atom. The van der Waals surface area contributed by atoms with E-state index in [-0.39, 0.29) is 0 Å². The summed E-state index contributed by atoms with van der Waals surface area (Å²) in [5.41, 5.74) is -2.37. The molecule has 0 amide bonds. The second-order valence-electron chi connectivity index (χ2n) is 3.51. The lowest BCUT2D eigenvalue weighted by Crippen LogP contribution is -2.25. The van der Waals surface area contributed by atoms with Gasteiger partial charge in [-0.1, -0.05) is 0 Å². The molecule has 0 bridgehead atoms. The lowest BCUT2D eigenvalue weighted by molar-refractivity contribution is -0.390. The Hall–Kier alpha value is -2.16. The molecule has 1 aromatic heterocycles. The van der Waals surface area contributed by atoms with E-state index in [0.717, 1.165) is 0 Å². The van der Waals surface area contributed by atoms with Crippen molar-refractivity contribution in [3.8, 4) is 5.75 Å². The molecule has 1 aromatic rings. The fourth-order valence-corrected chi connectivity index (χ4v) is 1.84. The third kappa shape index (κ3) is 4.17. The lowest BCUT2D eigenvalue weighted by atomic mass is 10.2. The summed E-state index contributed by atoms with van der Waals surface area (Å²) in [7, 11) is -5.29. The molecule has 0 atom stereocenters. The van der Waals surface area contributed by atoms with Crippen LogP contribution in [-0.4, -0.2) is 24.7 Å². The molecule has 1 rings (SSSR count). The minimum absolute atomic E-state index is 0.407. The topological polar surface area (TPSA) is 125 Å². The monoisotopic (exact) mass is 355 g/mol. The molecular weight excluding hydrogens is 352 g/mol. The molecule has 15 heteroatoms. The van der Waals surface area contributed by atoms with Crippen molar-refractivity contribution in [2.24, 2.45) is 5.14 Å². The molecule has 0 aliphatic rings. The molecule has 22 heavy (non-hydrogen) atoms. The number of nitrogens with two attached hydrogens (primary N) is 1. The Labute approximate surface area is 116 Å². The Morgan fingerprint density at radius 2 is 1.73 bits per heavy atom. The van der Waals surface area contributed by atoms with E-state index in [2.05, 4.69) is 14.9 Å². The van der Waals surface area contributed by atoms with Crippen molar-refractivity contribution in [3.63, 3.8) is 0 Å². The maximum Gasteiger partial charge on any atom is 0.573 e. The van der Waals surface area contributed by atoms with Gasteiger partial charge in [-0.05, 0) is 9.91 Å². The van der Waals surface area contributed by atoms with Gasteiger partial charge in [0.1, 0.15) is 5.56 Å². The fraction of sp³-hybridized carbons (Fsp3) is 0.286. The molecule has 0 saturated heterocycles. The SMILES string of the molecule is NS(=O)(=O)c1nc([N+](=O)[O-])cc(C(F)(F)F)c1OC(F)(F)F. The van der Waals surface area contributed by atoms with E-state index in [1.807, 2.05) is 0 Å². The van der Waals surface area contributed by atoms with Crippen LogP contribution in [0.25, 0.3) is 0 Å². The highest BCUT2D eigenvalue weighted by atomic mass is 32.2. The maximum absolute atomic E-state index is 12.7. The molecule has 1 heterocycles. The molecule has 0 spiro atoms. The Morgan fingerprint density at radius 3 is 2.05 bits per heavy atom. The molecule has 2 N–H and O–H groups in total. The standard InChI is InChI=1S/C7H3F6N3O5S/c8-6(9,10)2-1-3(16(17)18)15-5(22(14,19)20)4(2)21-7(11,12)13/h1H,(H2,14,19,20). The summed E-state index contributed by atoms with van der Waals surface area (Å²) in [4.78, 5) is 11.5. The predicted molar refractivity (Wildman–Crippen MR) is 53.9 cm³/mol. The number of aromatic nitrogens is 1. The van der Waals surface area contributed by atoms with E-state index in [0.29, 0.717) is 0 Å². The number of primary sulfonamides is 1. The number of halogens is 6. The van der Waals surface area contributed by atoms with E-state index in [1.165, 1.54) is 0 Å². The first-order valence-corrected chi connectivity index (χ1v) is 6.22. The molecule has 0 radical (unpaired) electrons. The third-order valence-corrected chi connectivity index (χ3v) is 2.72. The summed E-state index contributed by atoms with van der Waals surface area (Å²) in [5.74, 6) is -3.97. The van der Waals surface area contributed by atoms with Crippen LogP contribution >= 0.6 is 0 Å². The Bertz CT molecular complexity index is 713. The largest absolute Gasteiger partial charge is 0.573 e. The maximum atomic E-state index is 12.7. The van der Waals surface area contributed by atoms with E-state index in [4.69, 9.17) is 0 Å². The van der Waals surface area contributed by atoms with Crippen LogP contribution in [0.3, 0.4) is 0 Å². The first-order valence-electron chi connectivity index (χ1n) is 4.68. The first-order chi connectivity index (χ1) is 9.63. The van der Waals surface area contributed by atoms with E-state index in [9.17, 15) is 44.9 Å². The number of alkyl halides is 6. The zero-order chi connectivity index (χ0) is 17.5. The highest BCUT2D eigenvalue weighted by Gasteiger charge is 2.46.